The van der Waals surface area contributed by atoms with E-state index >= 15 is 4.39 Å². The summed E-state index contributed by atoms with van der Waals surface area (Å²) >= 11 is 0. The first kappa shape index (κ1) is 32.2. The van der Waals surface area contributed by atoms with E-state index in [-0.39, 0.29) is 29.7 Å². The highest BCUT2D eigenvalue weighted by atomic mass is 19.1. The fourth-order valence-electron chi connectivity index (χ4n) is 5.56. The molecule has 4 rings (SSSR count). The lowest BCUT2D eigenvalue weighted by Gasteiger charge is -2.32. The first-order chi connectivity index (χ1) is 19.7. The van der Waals surface area contributed by atoms with E-state index in [9.17, 15) is 9.18 Å². The number of allylic oxidation sites excluding steroid dienone is 10. The smallest absolute Gasteiger partial charge is 0.201 e. The molecule has 0 spiro atoms. The lowest BCUT2D eigenvalue weighted by atomic mass is 9.82. The molecule has 5 heteroatoms. The van der Waals surface area contributed by atoms with Gasteiger partial charge in [-0.15, -0.1) is 6.58 Å². The van der Waals surface area contributed by atoms with E-state index in [0.717, 1.165) is 42.7 Å². The molecule has 2 atom stereocenters. The maximum absolute atomic E-state index is 15.3. The summed E-state index contributed by atoms with van der Waals surface area (Å²) < 4.78 is 30.2. The Hall–Kier alpha value is -3.31. The first-order valence-corrected chi connectivity index (χ1v) is 15.0. The summed E-state index contributed by atoms with van der Waals surface area (Å²) in [4.78, 5) is 17.6. The van der Waals surface area contributed by atoms with Gasteiger partial charge in [-0.05, 0) is 112 Å². The van der Waals surface area contributed by atoms with Crippen molar-refractivity contribution in [3.63, 3.8) is 0 Å². The Balaban J connectivity index is 0.00000226. The van der Waals surface area contributed by atoms with Crippen LogP contribution >= 0.6 is 0 Å². The second kappa shape index (κ2) is 15.1. The van der Waals surface area contributed by atoms with E-state index in [2.05, 4.69) is 37.6 Å². The van der Waals surface area contributed by atoms with Gasteiger partial charge in [0.25, 0.3) is 0 Å². The predicted octanol–water partition coefficient (Wildman–Crippen LogP) is 8.58. The zero-order valence-electron chi connectivity index (χ0n) is 25.6. The lowest BCUT2D eigenvalue weighted by molar-refractivity contribution is -0.112. The van der Waals surface area contributed by atoms with Gasteiger partial charge in [0.15, 0.2) is 0 Å². The number of nitrogens with zero attached hydrogens (tertiary/aromatic N) is 2. The van der Waals surface area contributed by atoms with Gasteiger partial charge in [-0.2, -0.15) is 0 Å². The highest BCUT2D eigenvalue weighted by Crippen LogP contribution is 2.38. The minimum absolute atomic E-state index is 0.0245. The zero-order valence-corrected chi connectivity index (χ0v) is 25.6. The summed E-state index contributed by atoms with van der Waals surface area (Å²) in [6, 6.07) is 2.58. The van der Waals surface area contributed by atoms with Crippen molar-refractivity contribution in [1.82, 2.24) is 9.80 Å². The predicted molar refractivity (Wildman–Crippen MR) is 168 cm³/mol. The van der Waals surface area contributed by atoms with Crippen LogP contribution < -0.4 is 0 Å². The Bertz CT molecular complexity index is 1290. The second-order valence-corrected chi connectivity index (χ2v) is 11.0. The molecule has 1 saturated heterocycles. The van der Waals surface area contributed by atoms with Crippen molar-refractivity contribution in [2.45, 2.75) is 66.3 Å². The van der Waals surface area contributed by atoms with Crippen LogP contribution in [0.15, 0.2) is 90.4 Å². The van der Waals surface area contributed by atoms with E-state index < -0.39 is 11.6 Å². The molecule has 2 unspecified atom stereocenters. The Labute approximate surface area is 246 Å². The summed E-state index contributed by atoms with van der Waals surface area (Å²) in [6.45, 7) is 15.7. The molecule has 2 aliphatic heterocycles. The lowest BCUT2D eigenvalue weighted by Crippen LogP contribution is -2.32. The molecule has 0 bridgehead atoms. The molecule has 1 aromatic rings. The van der Waals surface area contributed by atoms with Gasteiger partial charge in [-0.3, -0.25) is 4.79 Å². The molecule has 0 saturated carbocycles. The number of carbonyl (C=O) groups is 1. The number of ketones is 1. The molecule has 41 heavy (non-hydrogen) atoms. The van der Waals surface area contributed by atoms with Crippen molar-refractivity contribution in [2.24, 2.45) is 11.8 Å². The molecule has 3 aliphatic rings. The molecule has 3 nitrogen and oxygen atoms in total. The molecule has 1 fully saturated rings. The van der Waals surface area contributed by atoms with Gasteiger partial charge in [0.05, 0.1) is 5.70 Å². The quantitative estimate of drug-likeness (QED) is 0.235. The molecular weight excluding hydrogens is 514 g/mol. The Kier molecular flexibility index (Phi) is 11.8. The summed E-state index contributed by atoms with van der Waals surface area (Å²) in [7, 11) is 2.13. The number of rotatable bonds is 8. The fraction of sp³-hybridized carbons (Fsp3) is 0.417. The molecule has 1 aliphatic carbocycles. The standard InChI is InChI=1S/C34H40F2N2O.C2H6/c1-6-8-26-20-32(36)30(21-31(26)35)29-19-23(3)9-13-28(29)27-12-10-24(4)38(22-27)33(7-2)34(39)14-11-25-15-17-37(5)18-16-25;1-2/h6-7,9-14,20-25H,1,8,15-19H2,2-5H3;1-2H3/b14-11-,33-7-;. The van der Waals surface area contributed by atoms with Crippen LogP contribution in [0.3, 0.4) is 0 Å². The maximum atomic E-state index is 15.3. The molecule has 0 amide bonds. The molecular formula is C36H46F2N2O. The van der Waals surface area contributed by atoms with Crippen molar-refractivity contribution in [3.05, 3.63) is 113 Å². The van der Waals surface area contributed by atoms with Gasteiger partial charge in [0.1, 0.15) is 11.6 Å². The van der Waals surface area contributed by atoms with Gasteiger partial charge >= 0.3 is 0 Å². The van der Waals surface area contributed by atoms with Crippen molar-refractivity contribution in [2.75, 3.05) is 20.1 Å². The van der Waals surface area contributed by atoms with Crippen LogP contribution in [-0.4, -0.2) is 41.8 Å². The van der Waals surface area contributed by atoms with E-state index in [1.54, 1.807) is 12.2 Å². The Morgan fingerprint density at radius 1 is 1.07 bits per heavy atom. The van der Waals surface area contributed by atoms with Gasteiger partial charge in [-0.1, -0.05) is 63.3 Å². The average molecular weight is 561 g/mol. The van der Waals surface area contributed by atoms with E-state index in [1.165, 1.54) is 12.1 Å². The number of benzene rings is 1. The van der Waals surface area contributed by atoms with E-state index in [1.807, 2.05) is 63.1 Å². The normalized spacial score (nSPS) is 22.1. The van der Waals surface area contributed by atoms with Crippen LogP contribution in [0.2, 0.25) is 0 Å². The highest BCUT2D eigenvalue weighted by molar-refractivity contribution is 6.03. The van der Waals surface area contributed by atoms with Gasteiger partial charge < -0.3 is 9.80 Å². The van der Waals surface area contributed by atoms with Crippen molar-refractivity contribution >= 4 is 11.4 Å². The van der Waals surface area contributed by atoms with E-state index in [4.69, 9.17) is 0 Å². The average Bonchev–Trinajstić information content (AvgIpc) is 2.97. The highest BCUT2D eigenvalue weighted by Gasteiger charge is 2.26. The third-order valence-corrected chi connectivity index (χ3v) is 7.94. The molecule has 0 aromatic heterocycles. The molecule has 0 N–H and O–H groups in total. The third-order valence-electron chi connectivity index (χ3n) is 7.94. The van der Waals surface area contributed by atoms with Crippen LogP contribution in [0.1, 0.15) is 65.0 Å². The number of piperidine rings is 1. The number of hydrogen-bond acceptors (Lipinski definition) is 3. The summed E-state index contributed by atoms with van der Waals surface area (Å²) in [6.07, 6.45) is 20.3. The van der Waals surface area contributed by atoms with Gasteiger partial charge in [0, 0.05) is 17.8 Å². The number of likely N-dealkylation sites (tertiary alicyclic amines) is 1. The Morgan fingerprint density at radius 2 is 1.78 bits per heavy atom. The van der Waals surface area contributed by atoms with E-state index in [0.29, 0.717) is 23.6 Å². The van der Waals surface area contributed by atoms with Crippen LogP contribution in [0.5, 0.6) is 0 Å². The van der Waals surface area contributed by atoms with Crippen molar-refractivity contribution in [3.8, 4) is 0 Å². The fourth-order valence-corrected chi connectivity index (χ4v) is 5.56. The summed E-state index contributed by atoms with van der Waals surface area (Å²) in [5.74, 6) is -0.274. The van der Waals surface area contributed by atoms with Crippen molar-refractivity contribution in [1.29, 1.82) is 0 Å². The minimum Gasteiger partial charge on any atom is -0.338 e. The first-order valence-electron chi connectivity index (χ1n) is 15.0. The SMILES string of the molecule is C=CCc1cc(F)c(C2=C(C3=CN(/C(=C\C)C(=O)/C=C\C4CCN(C)CC4)C(C)C=C3)C=CC(C)C2)cc1F.CC. The maximum Gasteiger partial charge on any atom is 0.201 e. The molecule has 0 radical (unpaired) electrons. The van der Waals surface area contributed by atoms with Crippen LogP contribution in [-0.2, 0) is 11.2 Å². The van der Waals surface area contributed by atoms with Crippen LogP contribution in [0.25, 0.3) is 5.57 Å². The molecule has 2 heterocycles. The topological polar surface area (TPSA) is 23.6 Å². The Morgan fingerprint density at radius 3 is 2.44 bits per heavy atom. The second-order valence-electron chi connectivity index (χ2n) is 11.0. The molecule has 220 valence electrons. The zero-order chi connectivity index (χ0) is 30.1. The van der Waals surface area contributed by atoms with Crippen LogP contribution in [0, 0.1) is 23.5 Å². The third kappa shape index (κ3) is 7.91. The minimum atomic E-state index is -0.433. The largest absolute Gasteiger partial charge is 0.338 e. The van der Waals surface area contributed by atoms with Crippen molar-refractivity contribution < 1.29 is 13.6 Å². The monoisotopic (exact) mass is 560 g/mol. The summed E-state index contributed by atoms with van der Waals surface area (Å²) in [5, 5.41) is 0. The van der Waals surface area contributed by atoms with Gasteiger partial charge in [0.2, 0.25) is 5.78 Å². The number of hydrogen-bond donors (Lipinski definition) is 0. The summed E-state index contributed by atoms with van der Waals surface area (Å²) in [5.41, 5.74) is 3.68. The number of halogens is 2. The van der Waals surface area contributed by atoms with Gasteiger partial charge in [-0.25, -0.2) is 8.78 Å². The van der Waals surface area contributed by atoms with Crippen LogP contribution in [0.4, 0.5) is 8.78 Å². The molecule has 1 aromatic carbocycles. The number of carbonyl (C=O) groups excluding carboxylic acids is 1.